The van der Waals surface area contributed by atoms with Crippen molar-refractivity contribution in [1.29, 1.82) is 0 Å². The second-order valence-corrected chi connectivity index (χ2v) is 7.20. The molecule has 0 aliphatic carbocycles. The lowest BCUT2D eigenvalue weighted by Gasteiger charge is -2.34. The molecular weight excluding hydrogens is 336 g/mol. The Morgan fingerprint density at radius 3 is 2.96 bits per heavy atom. The molecule has 2 N–H and O–H groups in total. The minimum Gasteiger partial charge on any atom is -0.338 e. The maximum atomic E-state index is 13.1. The highest BCUT2D eigenvalue weighted by molar-refractivity contribution is 6.30. The van der Waals surface area contributed by atoms with Crippen LogP contribution < -0.4 is 5.73 Å². The summed E-state index contributed by atoms with van der Waals surface area (Å²) in [5, 5.41) is 5.11. The molecule has 1 aliphatic heterocycles. The van der Waals surface area contributed by atoms with Gasteiger partial charge in [0.15, 0.2) is 0 Å². The lowest BCUT2D eigenvalue weighted by Crippen LogP contribution is -2.45. The highest BCUT2D eigenvalue weighted by atomic mass is 35.5. The van der Waals surface area contributed by atoms with E-state index in [2.05, 4.69) is 5.10 Å². The second kappa shape index (κ2) is 7.58. The molecule has 5 nitrogen and oxygen atoms in total. The summed E-state index contributed by atoms with van der Waals surface area (Å²) in [6, 6.07) is 7.62. The first-order valence-electron chi connectivity index (χ1n) is 8.89. The van der Waals surface area contributed by atoms with E-state index in [4.69, 9.17) is 17.3 Å². The van der Waals surface area contributed by atoms with Crippen molar-refractivity contribution < 1.29 is 4.79 Å². The molecule has 1 aliphatic rings. The van der Waals surface area contributed by atoms with Gasteiger partial charge in [-0.2, -0.15) is 5.10 Å². The van der Waals surface area contributed by atoms with Gasteiger partial charge in [-0.3, -0.25) is 4.79 Å². The van der Waals surface area contributed by atoms with E-state index in [0.717, 1.165) is 43.7 Å². The number of hydrogen-bond acceptors (Lipinski definition) is 3. The van der Waals surface area contributed by atoms with Crippen LogP contribution in [0.3, 0.4) is 0 Å². The highest BCUT2D eigenvalue weighted by Gasteiger charge is 2.28. The van der Waals surface area contributed by atoms with Crippen LogP contribution in [0.25, 0.3) is 5.69 Å². The average molecular weight is 361 g/mol. The Labute approximate surface area is 153 Å². The van der Waals surface area contributed by atoms with Crippen molar-refractivity contribution in [2.75, 3.05) is 13.1 Å². The van der Waals surface area contributed by atoms with E-state index in [0.29, 0.717) is 16.5 Å². The molecule has 1 aromatic carbocycles. The van der Waals surface area contributed by atoms with E-state index >= 15 is 0 Å². The highest BCUT2D eigenvalue weighted by Crippen LogP contribution is 2.24. The van der Waals surface area contributed by atoms with Crippen LogP contribution in [-0.4, -0.2) is 39.7 Å². The van der Waals surface area contributed by atoms with Gasteiger partial charge in [0, 0.05) is 24.2 Å². The molecule has 1 amide bonds. The third-order valence-electron chi connectivity index (χ3n) is 4.98. The summed E-state index contributed by atoms with van der Waals surface area (Å²) in [6.07, 6.45) is 4.49. The predicted octanol–water partition coefficient (Wildman–Crippen LogP) is 3.29. The van der Waals surface area contributed by atoms with Gasteiger partial charge in [0.1, 0.15) is 0 Å². The number of benzene rings is 1. The SMILES string of the molecule is CCc1c(C(=O)N2CCCC(C(C)N)C2)cnn1-c1cccc(Cl)c1. The maximum absolute atomic E-state index is 13.1. The van der Waals surface area contributed by atoms with Crippen molar-refractivity contribution in [2.45, 2.75) is 39.2 Å². The number of nitrogens with two attached hydrogens (primary N) is 1. The molecule has 25 heavy (non-hydrogen) atoms. The summed E-state index contributed by atoms with van der Waals surface area (Å²) < 4.78 is 1.81. The van der Waals surface area contributed by atoms with Crippen LogP contribution in [0.2, 0.25) is 5.02 Å². The standard InChI is InChI=1S/C19H25ClN4O/c1-3-18-17(11-22-24(18)16-8-4-7-15(20)10-16)19(25)23-9-5-6-14(12-23)13(2)21/h4,7-8,10-11,13-14H,3,5-6,9,12,21H2,1-2H3. The van der Waals surface area contributed by atoms with Gasteiger partial charge in [-0.25, -0.2) is 4.68 Å². The molecule has 2 unspecified atom stereocenters. The number of carbonyl (C=O) groups excluding carboxylic acids is 1. The Bertz CT molecular complexity index is 756. The number of carbonyl (C=O) groups is 1. The topological polar surface area (TPSA) is 64.2 Å². The Hall–Kier alpha value is -1.85. The van der Waals surface area contributed by atoms with Crippen molar-refractivity contribution >= 4 is 17.5 Å². The van der Waals surface area contributed by atoms with E-state index < -0.39 is 0 Å². The molecule has 2 aromatic rings. The number of aromatic nitrogens is 2. The van der Waals surface area contributed by atoms with E-state index in [1.54, 1.807) is 6.20 Å². The Kier molecular flexibility index (Phi) is 5.45. The van der Waals surface area contributed by atoms with Gasteiger partial charge in [-0.15, -0.1) is 0 Å². The monoisotopic (exact) mass is 360 g/mol. The minimum atomic E-state index is 0.0514. The third kappa shape index (κ3) is 3.72. The van der Waals surface area contributed by atoms with E-state index in [9.17, 15) is 4.79 Å². The van der Waals surface area contributed by atoms with Gasteiger partial charge in [-0.1, -0.05) is 24.6 Å². The third-order valence-corrected chi connectivity index (χ3v) is 5.21. The molecule has 0 bridgehead atoms. The maximum Gasteiger partial charge on any atom is 0.257 e. The van der Waals surface area contributed by atoms with Gasteiger partial charge in [-0.05, 0) is 50.3 Å². The zero-order valence-corrected chi connectivity index (χ0v) is 15.5. The number of halogens is 1. The molecule has 6 heteroatoms. The van der Waals surface area contributed by atoms with Crippen LogP contribution in [0.4, 0.5) is 0 Å². The Morgan fingerprint density at radius 2 is 2.28 bits per heavy atom. The molecule has 0 saturated carbocycles. The van der Waals surface area contributed by atoms with Crippen LogP contribution in [0.1, 0.15) is 42.7 Å². The molecule has 0 radical (unpaired) electrons. The van der Waals surface area contributed by atoms with Gasteiger partial charge < -0.3 is 10.6 Å². The molecular formula is C19H25ClN4O. The van der Waals surface area contributed by atoms with Crippen molar-refractivity contribution in [3.8, 4) is 5.69 Å². The molecule has 1 fully saturated rings. The van der Waals surface area contributed by atoms with E-state index in [-0.39, 0.29) is 11.9 Å². The average Bonchev–Trinajstić information content (AvgIpc) is 3.05. The lowest BCUT2D eigenvalue weighted by molar-refractivity contribution is 0.0660. The molecule has 1 saturated heterocycles. The number of nitrogens with zero attached hydrogens (tertiary/aromatic N) is 3. The number of piperidine rings is 1. The van der Waals surface area contributed by atoms with Crippen molar-refractivity contribution in [1.82, 2.24) is 14.7 Å². The summed E-state index contributed by atoms with van der Waals surface area (Å²) in [6.45, 7) is 5.57. The predicted molar refractivity (Wildman–Crippen MR) is 100 cm³/mol. The first-order chi connectivity index (χ1) is 12.0. The van der Waals surface area contributed by atoms with E-state index in [1.165, 1.54) is 0 Å². The van der Waals surface area contributed by atoms with Gasteiger partial charge in [0.2, 0.25) is 0 Å². The summed E-state index contributed by atoms with van der Waals surface area (Å²) in [4.78, 5) is 15.0. The first kappa shape index (κ1) is 18.0. The Morgan fingerprint density at radius 1 is 1.48 bits per heavy atom. The fourth-order valence-corrected chi connectivity index (χ4v) is 3.70. The second-order valence-electron chi connectivity index (χ2n) is 6.76. The lowest BCUT2D eigenvalue weighted by atomic mass is 9.92. The van der Waals surface area contributed by atoms with Crippen LogP contribution in [-0.2, 0) is 6.42 Å². The zero-order valence-electron chi connectivity index (χ0n) is 14.8. The number of rotatable bonds is 4. The number of amides is 1. The number of likely N-dealkylation sites (tertiary alicyclic amines) is 1. The fourth-order valence-electron chi connectivity index (χ4n) is 3.52. The van der Waals surface area contributed by atoms with Gasteiger partial charge >= 0.3 is 0 Å². The van der Waals surface area contributed by atoms with Crippen LogP contribution >= 0.6 is 11.6 Å². The fraction of sp³-hybridized carbons (Fsp3) is 0.474. The Balaban J connectivity index is 1.89. The quantitative estimate of drug-likeness (QED) is 0.909. The molecule has 0 spiro atoms. The van der Waals surface area contributed by atoms with Gasteiger partial charge in [0.05, 0.1) is 23.1 Å². The largest absolute Gasteiger partial charge is 0.338 e. The molecule has 1 aromatic heterocycles. The molecule has 134 valence electrons. The molecule has 2 atom stereocenters. The van der Waals surface area contributed by atoms with Crippen LogP contribution in [0.15, 0.2) is 30.5 Å². The minimum absolute atomic E-state index is 0.0514. The molecule has 2 heterocycles. The van der Waals surface area contributed by atoms with Crippen molar-refractivity contribution in [3.63, 3.8) is 0 Å². The zero-order chi connectivity index (χ0) is 18.0. The van der Waals surface area contributed by atoms with Crippen molar-refractivity contribution in [3.05, 3.63) is 46.7 Å². The first-order valence-corrected chi connectivity index (χ1v) is 9.26. The van der Waals surface area contributed by atoms with Crippen molar-refractivity contribution in [2.24, 2.45) is 11.7 Å². The number of hydrogen-bond donors (Lipinski definition) is 1. The van der Waals surface area contributed by atoms with E-state index in [1.807, 2.05) is 47.7 Å². The van der Waals surface area contributed by atoms with Gasteiger partial charge in [0.25, 0.3) is 5.91 Å². The van der Waals surface area contributed by atoms with Crippen LogP contribution in [0.5, 0.6) is 0 Å². The summed E-state index contributed by atoms with van der Waals surface area (Å²) in [5.41, 5.74) is 8.51. The normalized spacial score (nSPS) is 19.0. The summed E-state index contributed by atoms with van der Waals surface area (Å²) in [7, 11) is 0. The van der Waals surface area contributed by atoms with Crippen LogP contribution in [0, 0.1) is 5.92 Å². The summed E-state index contributed by atoms with van der Waals surface area (Å²) in [5.74, 6) is 0.418. The molecule has 3 rings (SSSR count). The smallest absolute Gasteiger partial charge is 0.257 e. The summed E-state index contributed by atoms with van der Waals surface area (Å²) >= 11 is 6.10.